The van der Waals surface area contributed by atoms with E-state index in [9.17, 15) is 4.79 Å². The van der Waals surface area contributed by atoms with Gasteiger partial charge >= 0.3 is 0 Å². The van der Waals surface area contributed by atoms with E-state index in [1.165, 1.54) is 0 Å². The molecular weight excluding hydrogens is 407 g/mol. The monoisotopic (exact) mass is 416 g/mol. The summed E-state index contributed by atoms with van der Waals surface area (Å²) in [6.07, 6.45) is 0.243. The van der Waals surface area contributed by atoms with Gasteiger partial charge < -0.3 is 4.74 Å². The second-order valence-electron chi connectivity index (χ2n) is 4.21. The van der Waals surface area contributed by atoms with Crippen LogP contribution in [-0.2, 0) is 6.42 Å². The Kier molecular flexibility index (Phi) is 5.24. The van der Waals surface area contributed by atoms with E-state index in [1.807, 2.05) is 6.07 Å². The number of Topliss-reactive ketones (excluding diaryl/α,β-unsaturated/α-hetero) is 1. The Bertz CT molecular complexity index is 636. The van der Waals surface area contributed by atoms with Crippen molar-refractivity contribution in [3.8, 4) is 5.75 Å². The van der Waals surface area contributed by atoms with Gasteiger partial charge in [-0.1, -0.05) is 43.5 Å². The van der Waals surface area contributed by atoms with Crippen molar-refractivity contribution in [1.29, 1.82) is 0 Å². The Labute approximate surface area is 139 Å². The third kappa shape index (κ3) is 3.84. The summed E-state index contributed by atoms with van der Waals surface area (Å²) in [5.74, 6) is 0.671. The van der Waals surface area contributed by atoms with E-state index in [0.29, 0.717) is 16.3 Å². The number of benzene rings is 2. The first-order valence-corrected chi connectivity index (χ1v) is 7.77. The number of halogens is 3. The van der Waals surface area contributed by atoms with Crippen molar-refractivity contribution in [2.24, 2.45) is 0 Å². The Morgan fingerprint density at radius 1 is 1.15 bits per heavy atom. The van der Waals surface area contributed by atoms with Crippen LogP contribution in [-0.4, -0.2) is 12.9 Å². The summed E-state index contributed by atoms with van der Waals surface area (Å²) in [5.41, 5.74) is 1.41. The summed E-state index contributed by atoms with van der Waals surface area (Å²) in [7, 11) is 1.58. The van der Waals surface area contributed by atoms with Crippen molar-refractivity contribution >= 4 is 49.2 Å². The maximum absolute atomic E-state index is 12.4. The van der Waals surface area contributed by atoms with Gasteiger partial charge in [0.05, 0.1) is 7.11 Å². The highest BCUT2D eigenvalue weighted by molar-refractivity contribution is 9.11. The Morgan fingerprint density at radius 3 is 2.40 bits per heavy atom. The van der Waals surface area contributed by atoms with Crippen molar-refractivity contribution < 1.29 is 9.53 Å². The number of rotatable bonds is 4. The third-order valence-corrected chi connectivity index (χ3v) is 3.93. The summed E-state index contributed by atoms with van der Waals surface area (Å²) in [6, 6.07) is 10.7. The number of hydrogen-bond donors (Lipinski definition) is 0. The highest BCUT2D eigenvalue weighted by atomic mass is 79.9. The fraction of sp³-hybridized carbons (Fsp3) is 0.133. The van der Waals surface area contributed by atoms with Crippen LogP contribution >= 0.6 is 43.5 Å². The topological polar surface area (TPSA) is 26.3 Å². The molecule has 0 heterocycles. The molecule has 20 heavy (non-hydrogen) atoms. The molecule has 0 bridgehead atoms. The van der Waals surface area contributed by atoms with E-state index in [4.69, 9.17) is 16.3 Å². The molecule has 2 rings (SSSR count). The normalized spacial score (nSPS) is 10.4. The lowest BCUT2D eigenvalue weighted by molar-refractivity contribution is 0.0992. The van der Waals surface area contributed by atoms with E-state index in [-0.39, 0.29) is 12.2 Å². The minimum Gasteiger partial charge on any atom is -0.496 e. The van der Waals surface area contributed by atoms with Crippen LogP contribution in [0.25, 0.3) is 0 Å². The summed E-state index contributed by atoms with van der Waals surface area (Å²) >= 11 is 12.7. The lowest BCUT2D eigenvalue weighted by Gasteiger charge is -2.09. The van der Waals surface area contributed by atoms with Crippen LogP contribution in [0.3, 0.4) is 0 Å². The second-order valence-corrected chi connectivity index (χ2v) is 6.48. The van der Waals surface area contributed by atoms with Crippen LogP contribution in [0.5, 0.6) is 5.75 Å². The lowest BCUT2D eigenvalue weighted by Crippen LogP contribution is -2.05. The molecule has 2 nitrogen and oxygen atoms in total. The molecule has 0 spiro atoms. The molecular formula is C15H11Br2ClO2. The van der Waals surface area contributed by atoms with Crippen LogP contribution in [0.4, 0.5) is 0 Å². The van der Waals surface area contributed by atoms with Gasteiger partial charge in [0.25, 0.3) is 0 Å². The molecule has 0 aliphatic heterocycles. The molecule has 0 unspecified atom stereocenters. The van der Waals surface area contributed by atoms with Gasteiger partial charge in [-0.05, 0) is 36.4 Å². The second kappa shape index (κ2) is 6.74. The van der Waals surface area contributed by atoms with E-state index in [1.54, 1.807) is 37.4 Å². The zero-order valence-corrected chi connectivity index (χ0v) is 14.5. The number of methoxy groups -OCH3 is 1. The summed E-state index contributed by atoms with van der Waals surface area (Å²) in [5, 5.41) is 0.587. The number of hydrogen-bond acceptors (Lipinski definition) is 2. The standard InChI is InChI=1S/C15H11Br2ClO2/c1-20-15-3-2-13(18)6-10(15)7-14(19)9-4-11(16)8-12(17)5-9/h2-6,8H,7H2,1H3. The third-order valence-electron chi connectivity index (χ3n) is 2.78. The zero-order valence-electron chi connectivity index (χ0n) is 10.6. The van der Waals surface area contributed by atoms with Gasteiger partial charge in [-0.2, -0.15) is 0 Å². The Hall–Kier alpha value is -0.840. The highest BCUT2D eigenvalue weighted by Gasteiger charge is 2.12. The van der Waals surface area contributed by atoms with Gasteiger partial charge in [-0.3, -0.25) is 4.79 Å². The molecule has 0 fully saturated rings. The van der Waals surface area contributed by atoms with E-state index < -0.39 is 0 Å². The number of carbonyl (C=O) groups is 1. The van der Waals surface area contributed by atoms with Gasteiger partial charge in [0.15, 0.2) is 5.78 Å². The first-order chi connectivity index (χ1) is 9.49. The van der Waals surface area contributed by atoms with Crippen molar-refractivity contribution in [2.75, 3.05) is 7.11 Å². The predicted molar refractivity (Wildman–Crippen MR) is 87.9 cm³/mol. The van der Waals surface area contributed by atoms with E-state index >= 15 is 0 Å². The molecule has 0 amide bonds. The Morgan fingerprint density at radius 2 is 1.80 bits per heavy atom. The van der Waals surface area contributed by atoms with Gasteiger partial charge in [0, 0.05) is 31.5 Å². The van der Waals surface area contributed by atoms with E-state index in [2.05, 4.69) is 31.9 Å². The maximum Gasteiger partial charge on any atom is 0.167 e. The average Bonchev–Trinajstić information content (AvgIpc) is 2.37. The molecule has 2 aromatic carbocycles. The molecule has 0 saturated carbocycles. The summed E-state index contributed by atoms with van der Waals surface area (Å²) in [6.45, 7) is 0. The van der Waals surface area contributed by atoms with Crippen LogP contribution < -0.4 is 4.74 Å². The first-order valence-electron chi connectivity index (χ1n) is 5.81. The molecule has 0 aliphatic rings. The fourth-order valence-corrected chi connectivity index (χ4v) is 3.36. The molecule has 0 atom stereocenters. The minimum absolute atomic E-state index is 0.00701. The predicted octanol–water partition coefficient (Wildman–Crippen LogP) is 5.30. The molecule has 0 radical (unpaired) electrons. The van der Waals surface area contributed by atoms with E-state index in [0.717, 1.165) is 14.5 Å². The van der Waals surface area contributed by atoms with Crippen molar-refractivity contribution in [2.45, 2.75) is 6.42 Å². The lowest BCUT2D eigenvalue weighted by atomic mass is 10.0. The van der Waals surface area contributed by atoms with Crippen LogP contribution in [0, 0.1) is 0 Å². The van der Waals surface area contributed by atoms with Crippen LogP contribution in [0.15, 0.2) is 45.3 Å². The summed E-state index contributed by atoms with van der Waals surface area (Å²) < 4.78 is 6.96. The number of carbonyl (C=O) groups excluding carboxylic acids is 1. The molecule has 0 aromatic heterocycles. The molecule has 0 saturated heterocycles. The zero-order chi connectivity index (χ0) is 14.7. The fourth-order valence-electron chi connectivity index (χ4n) is 1.88. The highest BCUT2D eigenvalue weighted by Crippen LogP contribution is 2.26. The van der Waals surface area contributed by atoms with Gasteiger partial charge in [-0.15, -0.1) is 0 Å². The van der Waals surface area contributed by atoms with Gasteiger partial charge in [-0.25, -0.2) is 0 Å². The maximum atomic E-state index is 12.4. The van der Waals surface area contributed by atoms with Gasteiger partial charge in [0.1, 0.15) is 5.75 Å². The first kappa shape index (κ1) is 15.5. The molecule has 0 aliphatic carbocycles. The van der Waals surface area contributed by atoms with Crippen LogP contribution in [0.1, 0.15) is 15.9 Å². The average molecular weight is 419 g/mol. The largest absolute Gasteiger partial charge is 0.496 e. The quantitative estimate of drug-likeness (QED) is 0.630. The summed E-state index contributed by atoms with van der Waals surface area (Å²) in [4.78, 5) is 12.4. The molecule has 104 valence electrons. The SMILES string of the molecule is COc1ccc(Cl)cc1CC(=O)c1cc(Br)cc(Br)c1. The number of ketones is 1. The smallest absolute Gasteiger partial charge is 0.167 e. The van der Waals surface area contributed by atoms with Crippen molar-refractivity contribution in [3.05, 3.63) is 61.5 Å². The number of ether oxygens (including phenoxy) is 1. The molecule has 5 heteroatoms. The van der Waals surface area contributed by atoms with Gasteiger partial charge in [0.2, 0.25) is 0 Å². The van der Waals surface area contributed by atoms with Crippen molar-refractivity contribution in [3.63, 3.8) is 0 Å². The van der Waals surface area contributed by atoms with Crippen LogP contribution in [0.2, 0.25) is 5.02 Å². The van der Waals surface area contributed by atoms with Crippen molar-refractivity contribution in [1.82, 2.24) is 0 Å². The minimum atomic E-state index is 0.00701. The molecule has 2 aromatic rings. The molecule has 0 N–H and O–H groups in total. The Balaban J connectivity index is 2.29.